The number of nitrogens with zero attached hydrogens (tertiary/aromatic N) is 3. The summed E-state index contributed by atoms with van der Waals surface area (Å²) in [7, 11) is 0. The number of aromatic nitrogens is 1. The van der Waals surface area contributed by atoms with Crippen molar-refractivity contribution in [3.8, 4) is 6.07 Å². The van der Waals surface area contributed by atoms with Crippen molar-refractivity contribution < 1.29 is 4.74 Å². The van der Waals surface area contributed by atoms with Gasteiger partial charge < -0.3 is 9.64 Å². The number of hydrogen-bond acceptors (Lipinski definition) is 4. The van der Waals surface area contributed by atoms with Gasteiger partial charge in [0.25, 0.3) is 0 Å². The molecule has 0 spiro atoms. The summed E-state index contributed by atoms with van der Waals surface area (Å²) in [4.78, 5) is 6.27. The first kappa shape index (κ1) is 11.9. The zero-order chi connectivity index (χ0) is 12.1. The molecule has 0 radical (unpaired) electrons. The van der Waals surface area contributed by atoms with Crippen molar-refractivity contribution in [1.29, 1.82) is 5.26 Å². The smallest absolute Gasteiger partial charge is 0.163 e. The van der Waals surface area contributed by atoms with E-state index < -0.39 is 0 Å². The minimum Gasteiger partial charge on any atom is -0.376 e. The van der Waals surface area contributed by atoms with Crippen LogP contribution in [-0.4, -0.2) is 30.8 Å². The monoisotopic (exact) mass is 231 g/mol. The number of hydrogen-bond donors (Lipinski definition) is 0. The Kier molecular flexibility index (Phi) is 3.94. The third-order valence-corrected chi connectivity index (χ3v) is 3.06. The lowest BCUT2D eigenvalue weighted by Crippen LogP contribution is -2.32. The maximum Gasteiger partial charge on any atom is 0.163 e. The van der Waals surface area contributed by atoms with Crippen LogP contribution in [0.25, 0.3) is 0 Å². The summed E-state index contributed by atoms with van der Waals surface area (Å²) in [5.41, 5.74) is 1.40. The fraction of sp³-hybridized carbons (Fsp3) is 0.538. The molecule has 1 aliphatic heterocycles. The third kappa shape index (κ3) is 2.75. The summed E-state index contributed by atoms with van der Waals surface area (Å²) < 4.78 is 5.64. The molecule has 17 heavy (non-hydrogen) atoms. The normalized spacial score (nSPS) is 18.9. The van der Waals surface area contributed by atoms with Crippen molar-refractivity contribution in [1.82, 2.24) is 4.98 Å². The predicted octanol–water partition coefficient (Wildman–Crippen LogP) is 1.96. The van der Waals surface area contributed by atoms with Gasteiger partial charge in [0.15, 0.2) is 5.69 Å². The zero-order valence-corrected chi connectivity index (χ0v) is 10.1. The van der Waals surface area contributed by atoms with Gasteiger partial charge in [0, 0.05) is 25.9 Å². The third-order valence-electron chi connectivity index (χ3n) is 3.06. The van der Waals surface area contributed by atoms with E-state index in [-0.39, 0.29) is 0 Å². The molecule has 2 heterocycles. The Balaban J connectivity index is 2.14. The van der Waals surface area contributed by atoms with Crippen molar-refractivity contribution in [3.05, 3.63) is 24.0 Å². The molecule has 1 unspecified atom stereocenters. The van der Waals surface area contributed by atoms with Gasteiger partial charge in [0.05, 0.1) is 11.8 Å². The lowest BCUT2D eigenvalue weighted by Gasteiger charge is -2.26. The first-order chi connectivity index (χ1) is 8.35. The topological polar surface area (TPSA) is 49.1 Å². The molecule has 1 aliphatic rings. The SMILES string of the molecule is CCN(CC1CCCO1)c1cccnc1C#N. The number of ether oxygens (including phenoxy) is 1. The molecular weight excluding hydrogens is 214 g/mol. The Morgan fingerprint density at radius 3 is 3.18 bits per heavy atom. The van der Waals surface area contributed by atoms with Crippen LogP contribution in [0.5, 0.6) is 0 Å². The zero-order valence-electron chi connectivity index (χ0n) is 10.1. The summed E-state index contributed by atoms with van der Waals surface area (Å²) in [5, 5.41) is 9.05. The highest BCUT2D eigenvalue weighted by atomic mass is 16.5. The molecule has 90 valence electrons. The second-order valence-electron chi connectivity index (χ2n) is 4.16. The molecule has 0 N–H and O–H groups in total. The molecule has 0 aromatic carbocycles. The van der Waals surface area contributed by atoms with E-state index in [1.807, 2.05) is 12.1 Å². The molecule has 0 bridgehead atoms. The van der Waals surface area contributed by atoms with Crippen molar-refractivity contribution in [3.63, 3.8) is 0 Å². The lowest BCUT2D eigenvalue weighted by molar-refractivity contribution is 0.115. The van der Waals surface area contributed by atoms with Crippen LogP contribution < -0.4 is 4.90 Å². The van der Waals surface area contributed by atoms with Gasteiger partial charge in [-0.2, -0.15) is 5.26 Å². The first-order valence-electron chi connectivity index (χ1n) is 6.06. The van der Waals surface area contributed by atoms with E-state index in [0.29, 0.717) is 11.8 Å². The van der Waals surface area contributed by atoms with Gasteiger partial charge in [0.1, 0.15) is 6.07 Å². The van der Waals surface area contributed by atoms with E-state index in [0.717, 1.165) is 38.2 Å². The summed E-state index contributed by atoms with van der Waals surface area (Å²) in [6.07, 6.45) is 4.20. The van der Waals surface area contributed by atoms with E-state index in [9.17, 15) is 0 Å². The Morgan fingerprint density at radius 1 is 1.65 bits per heavy atom. The highest BCUT2D eigenvalue weighted by Crippen LogP contribution is 2.21. The van der Waals surface area contributed by atoms with Crippen LogP contribution in [0.3, 0.4) is 0 Å². The van der Waals surface area contributed by atoms with Gasteiger partial charge in [-0.15, -0.1) is 0 Å². The van der Waals surface area contributed by atoms with Gasteiger partial charge >= 0.3 is 0 Å². The molecule has 0 saturated carbocycles. The maximum absolute atomic E-state index is 9.05. The molecule has 1 fully saturated rings. The highest BCUT2D eigenvalue weighted by Gasteiger charge is 2.20. The minimum absolute atomic E-state index is 0.293. The molecule has 2 rings (SSSR count). The van der Waals surface area contributed by atoms with Gasteiger partial charge in [-0.05, 0) is 31.9 Å². The first-order valence-corrected chi connectivity index (χ1v) is 6.06. The Morgan fingerprint density at radius 2 is 2.53 bits per heavy atom. The summed E-state index contributed by atoms with van der Waals surface area (Å²) in [6, 6.07) is 5.96. The second kappa shape index (κ2) is 5.65. The summed E-state index contributed by atoms with van der Waals surface area (Å²) in [5.74, 6) is 0. The fourth-order valence-electron chi connectivity index (χ4n) is 2.17. The number of likely N-dealkylation sites (N-methyl/N-ethyl adjacent to an activating group) is 1. The number of pyridine rings is 1. The lowest BCUT2D eigenvalue weighted by atomic mass is 10.2. The largest absolute Gasteiger partial charge is 0.376 e. The van der Waals surface area contributed by atoms with Gasteiger partial charge in [0.2, 0.25) is 0 Å². The van der Waals surface area contributed by atoms with E-state index in [2.05, 4.69) is 22.9 Å². The van der Waals surface area contributed by atoms with Crippen molar-refractivity contribution in [2.45, 2.75) is 25.9 Å². The summed E-state index contributed by atoms with van der Waals surface area (Å²) >= 11 is 0. The van der Waals surface area contributed by atoms with Crippen LogP contribution in [-0.2, 0) is 4.74 Å². The van der Waals surface area contributed by atoms with Crippen molar-refractivity contribution in [2.24, 2.45) is 0 Å². The Hall–Kier alpha value is -1.60. The van der Waals surface area contributed by atoms with Gasteiger partial charge in [-0.3, -0.25) is 0 Å². The molecule has 1 aromatic rings. The van der Waals surface area contributed by atoms with Gasteiger partial charge in [-0.25, -0.2) is 4.98 Å². The molecular formula is C13H17N3O. The van der Waals surface area contributed by atoms with Crippen LogP contribution in [0.15, 0.2) is 18.3 Å². The van der Waals surface area contributed by atoms with Crippen LogP contribution in [0.2, 0.25) is 0 Å². The minimum atomic E-state index is 0.293. The van der Waals surface area contributed by atoms with Crippen molar-refractivity contribution >= 4 is 5.69 Å². The second-order valence-corrected chi connectivity index (χ2v) is 4.16. The van der Waals surface area contributed by atoms with E-state index in [1.165, 1.54) is 0 Å². The number of nitriles is 1. The fourth-order valence-corrected chi connectivity index (χ4v) is 2.17. The van der Waals surface area contributed by atoms with E-state index >= 15 is 0 Å². The van der Waals surface area contributed by atoms with Crippen LogP contribution in [0.4, 0.5) is 5.69 Å². The molecule has 1 atom stereocenters. The molecule has 1 saturated heterocycles. The highest BCUT2D eigenvalue weighted by molar-refractivity contribution is 5.55. The Labute approximate surface area is 102 Å². The molecule has 0 aliphatic carbocycles. The predicted molar refractivity (Wildman–Crippen MR) is 65.8 cm³/mol. The van der Waals surface area contributed by atoms with E-state index in [4.69, 9.17) is 10.00 Å². The standard InChI is InChI=1S/C13H17N3O/c1-2-16(10-11-5-4-8-17-11)13-6-3-7-15-12(13)9-14/h3,6-7,11H,2,4-5,8,10H2,1H3. The molecule has 0 amide bonds. The number of rotatable bonds is 4. The van der Waals surface area contributed by atoms with Gasteiger partial charge in [-0.1, -0.05) is 0 Å². The number of anilines is 1. The van der Waals surface area contributed by atoms with Crippen molar-refractivity contribution in [2.75, 3.05) is 24.6 Å². The Bertz CT molecular complexity index is 407. The molecule has 4 heteroatoms. The van der Waals surface area contributed by atoms with E-state index in [1.54, 1.807) is 6.20 Å². The average Bonchev–Trinajstić information content (AvgIpc) is 2.89. The molecule has 1 aromatic heterocycles. The van der Waals surface area contributed by atoms with Crippen LogP contribution in [0, 0.1) is 11.3 Å². The van der Waals surface area contributed by atoms with Crippen LogP contribution in [0.1, 0.15) is 25.5 Å². The average molecular weight is 231 g/mol. The quantitative estimate of drug-likeness (QED) is 0.794. The van der Waals surface area contributed by atoms with Crippen LogP contribution >= 0.6 is 0 Å². The summed E-state index contributed by atoms with van der Waals surface area (Å²) in [6.45, 7) is 4.65. The molecule has 4 nitrogen and oxygen atoms in total. The maximum atomic E-state index is 9.05.